The summed E-state index contributed by atoms with van der Waals surface area (Å²) >= 11 is 0. The average Bonchev–Trinajstić information content (AvgIpc) is 3.23. The van der Waals surface area contributed by atoms with Gasteiger partial charge in [-0.3, -0.25) is 14.5 Å². The Bertz CT molecular complexity index is 742. The van der Waals surface area contributed by atoms with Crippen molar-refractivity contribution in [3.8, 4) is 0 Å². The second-order valence-electron chi connectivity index (χ2n) is 6.97. The quantitative estimate of drug-likeness (QED) is 0.619. The van der Waals surface area contributed by atoms with E-state index in [-0.39, 0.29) is 23.9 Å². The molecule has 4 amide bonds. The van der Waals surface area contributed by atoms with Crippen LogP contribution in [0, 0.1) is 0 Å². The molecule has 0 saturated carbocycles. The van der Waals surface area contributed by atoms with Gasteiger partial charge in [0.2, 0.25) is 0 Å². The Labute approximate surface area is 146 Å². The number of hydrogen-bond donors (Lipinski definition) is 1. The van der Waals surface area contributed by atoms with Crippen LogP contribution in [0.3, 0.4) is 0 Å². The summed E-state index contributed by atoms with van der Waals surface area (Å²) in [5.74, 6) is -0.633. The number of anilines is 1. The summed E-state index contributed by atoms with van der Waals surface area (Å²) in [5, 5.41) is 0. The number of likely N-dealkylation sites (tertiary alicyclic amines) is 2. The summed E-state index contributed by atoms with van der Waals surface area (Å²) in [4.78, 5) is 43.1. The van der Waals surface area contributed by atoms with Gasteiger partial charge in [-0.15, -0.1) is 0 Å². The van der Waals surface area contributed by atoms with Gasteiger partial charge in [0.05, 0.1) is 17.2 Å². The fraction of sp³-hybridized carbons (Fsp3) is 0.500. The number of imide groups is 1. The molecule has 132 valence electrons. The first-order chi connectivity index (χ1) is 12.1. The van der Waals surface area contributed by atoms with Crippen LogP contribution in [-0.2, 0) is 0 Å². The SMILES string of the molecule is Nc1cccc2c1C(=O)N([C@@H]1CCCN(C(=O)N3CCCC3)C1)C2=O. The predicted molar refractivity (Wildman–Crippen MR) is 92.2 cm³/mol. The Balaban J connectivity index is 1.54. The molecule has 2 fully saturated rings. The van der Waals surface area contributed by atoms with Crippen LogP contribution < -0.4 is 5.73 Å². The van der Waals surface area contributed by atoms with Crippen molar-refractivity contribution in [2.75, 3.05) is 31.9 Å². The number of fused-ring (bicyclic) bond motifs is 1. The fourth-order valence-electron chi connectivity index (χ4n) is 4.11. The zero-order valence-corrected chi connectivity index (χ0v) is 14.1. The van der Waals surface area contributed by atoms with Crippen molar-refractivity contribution in [3.05, 3.63) is 29.3 Å². The minimum atomic E-state index is -0.335. The average molecular weight is 342 g/mol. The van der Waals surface area contributed by atoms with Gasteiger partial charge in [0.15, 0.2) is 0 Å². The van der Waals surface area contributed by atoms with E-state index in [1.807, 2.05) is 4.90 Å². The molecule has 0 aliphatic carbocycles. The van der Waals surface area contributed by atoms with Crippen molar-refractivity contribution < 1.29 is 14.4 Å². The van der Waals surface area contributed by atoms with Crippen molar-refractivity contribution >= 4 is 23.5 Å². The molecule has 2 N–H and O–H groups in total. The van der Waals surface area contributed by atoms with E-state index in [2.05, 4.69) is 0 Å². The summed E-state index contributed by atoms with van der Waals surface area (Å²) in [5.41, 5.74) is 6.91. The molecule has 7 nitrogen and oxygen atoms in total. The van der Waals surface area contributed by atoms with Crippen LogP contribution in [0.25, 0.3) is 0 Å². The second-order valence-corrected chi connectivity index (χ2v) is 6.97. The number of rotatable bonds is 1. The molecule has 3 heterocycles. The maximum atomic E-state index is 12.8. The lowest BCUT2D eigenvalue weighted by molar-refractivity contribution is 0.0491. The summed E-state index contributed by atoms with van der Waals surface area (Å²) in [7, 11) is 0. The molecule has 0 radical (unpaired) electrons. The number of hydrogen-bond acceptors (Lipinski definition) is 4. The zero-order valence-electron chi connectivity index (χ0n) is 14.1. The topological polar surface area (TPSA) is 87.0 Å². The van der Waals surface area contributed by atoms with Gasteiger partial charge in [-0.05, 0) is 37.8 Å². The highest BCUT2D eigenvalue weighted by atomic mass is 16.2. The van der Waals surface area contributed by atoms with Crippen molar-refractivity contribution in [2.45, 2.75) is 31.7 Å². The predicted octanol–water partition coefficient (Wildman–Crippen LogP) is 1.55. The number of carbonyl (C=O) groups excluding carboxylic acids is 3. The largest absolute Gasteiger partial charge is 0.398 e. The number of benzene rings is 1. The van der Waals surface area contributed by atoms with Gasteiger partial charge in [0.25, 0.3) is 11.8 Å². The second kappa shape index (κ2) is 6.06. The molecular weight excluding hydrogens is 320 g/mol. The molecule has 0 aromatic heterocycles. The highest BCUT2D eigenvalue weighted by molar-refractivity contribution is 6.23. The lowest BCUT2D eigenvalue weighted by atomic mass is 10.0. The van der Waals surface area contributed by atoms with Crippen LogP contribution in [-0.4, -0.2) is 64.8 Å². The molecule has 25 heavy (non-hydrogen) atoms. The molecule has 2 saturated heterocycles. The molecule has 1 aromatic carbocycles. The van der Waals surface area contributed by atoms with E-state index in [0.717, 1.165) is 38.8 Å². The van der Waals surface area contributed by atoms with Crippen LogP contribution >= 0.6 is 0 Å². The molecular formula is C18H22N4O3. The number of amides is 4. The van der Waals surface area contributed by atoms with Gasteiger partial charge in [-0.2, -0.15) is 0 Å². The zero-order chi connectivity index (χ0) is 17.6. The van der Waals surface area contributed by atoms with E-state index in [4.69, 9.17) is 5.73 Å². The minimum Gasteiger partial charge on any atom is -0.398 e. The third-order valence-corrected chi connectivity index (χ3v) is 5.39. The highest BCUT2D eigenvalue weighted by Crippen LogP contribution is 2.31. The van der Waals surface area contributed by atoms with E-state index >= 15 is 0 Å². The Hall–Kier alpha value is -2.57. The van der Waals surface area contributed by atoms with E-state index in [9.17, 15) is 14.4 Å². The summed E-state index contributed by atoms with van der Waals surface area (Å²) in [6, 6.07) is 4.71. The van der Waals surface area contributed by atoms with Gasteiger partial charge in [-0.1, -0.05) is 6.07 Å². The van der Waals surface area contributed by atoms with E-state index in [1.54, 1.807) is 23.1 Å². The smallest absolute Gasteiger partial charge is 0.320 e. The van der Waals surface area contributed by atoms with Gasteiger partial charge in [0, 0.05) is 31.9 Å². The standard InChI is InChI=1S/C18H22N4O3/c19-14-7-3-6-13-15(14)17(24)22(16(13)23)12-5-4-10-21(11-12)18(25)20-8-1-2-9-20/h3,6-7,12H,1-2,4-5,8-11,19H2/t12-/m1/s1. The van der Waals surface area contributed by atoms with Crippen LogP contribution in [0.5, 0.6) is 0 Å². The Kier molecular flexibility index (Phi) is 3.86. The van der Waals surface area contributed by atoms with Crippen LogP contribution in [0.1, 0.15) is 46.4 Å². The lowest BCUT2D eigenvalue weighted by Crippen LogP contribution is -2.54. The van der Waals surface area contributed by atoms with Gasteiger partial charge < -0.3 is 15.5 Å². The highest BCUT2D eigenvalue weighted by Gasteiger charge is 2.43. The Morgan fingerprint density at radius 2 is 1.72 bits per heavy atom. The number of nitrogen functional groups attached to an aromatic ring is 1. The maximum Gasteiger partial charge on any atom is 0.320 e. The van der Waals surface area contributed by atoms with E-state index in [0.29, 0.717) is 29.9 Å². The van der Waals surface area contributed by atoms with Gasteiger partial charge in [0.1, 0.15) is 0 Å². The third kappa shape index (κ3) is 2.54. The molecule has 1 aromatic rings. The third-order valence-electron chi connectivity index (χ3n) is 5.39. The van der Waals surface area contributed by atoms with Crippen LogP contribution in [0.2, 0.25) is 0 Å². The maximum absolute atomic E-state index is 12.8. The summed E-state index contributed by atoms with van der Waals surface area (Å²) in [6.45, 7) is 2.67. The molecule has 4 rings (SSSR count). The van der Waals surface area contributed by atoms with E-state index in [1.165, 1.54) is 4.90 Å². The number of urea groups is 1. The normalized spacial score (nSPS) is 23.4. The molecule has 1 atom stereocenters. The van der Waals surface area contributed by atoms with Crippen molar-refractivity contribution in [3.63, 3.8) is 0 Å². The first kappa shape index (κ1) is 15.9. The molecule has 0 bridgehead atoms. The van der Waals surface area contributed by atoms with Crippen LogP contribution in [0.15, 0.2) is 18.2 Å². The minimum absolute atomic E-state index is 0.0262. The monoisotopic (exact) mass is 342 g/mol. The number of piperidine rings is 1. The number of carbonyl (C=O) groups is 3. The molecule has 0 unspecified atom stereocenters. The molecule has 3 aliphatic rings. The van der Waals surface area contributed by atoms with Gasteiger partial charge in [-0.25, -0.2) is 4.79 Å². The lowest BCUT2D eigenvalue weighted by Gasteiger charge is -2.38. The van der Waals surface area contributed by atoms with Crippen LogP contribution in [0.4, 0.5) is 10.5 Å². The number of nitrogens with two attached hydrogens (primary N) is 1. The van der Waals surface area contributed by atoms with E-state index < -0.39 is 0 Å². The summed E-state index contributed by atoms with van der Waals surface area (Å²) < 4.78 is 0. The first-order valence-electron chi connectivity index (χ1n) is 8.88. The Morgan fingerprint density at radius 3 is 2.44 bits per heavy atom. The molecule has 3 aliphatic heterocycles. The van der Waals surface area contributed by atoms with Crippen molar-refractivity contribution in [1.82, 2.24) is 14.7 Å². The summed E-state index contributed by atoms with van der Waals surface area (Å²) in [6.07, 6.45) is 3.59. The molecule has 7 heteroatoms. The fourth-order valence-corrected chi connectivity index (χ4v) is 4.11. The van der Waals surface area contributed by atoms with Crippen molar-refractivity contribution in [1.29, 1.82) is 0 Å². The first-order valence-corrected chi connectivity index (χ1v) is 8.88. The number of nitrogens with zero attached hydrogens (tertiary/aromatic N) is 3. The molecule has 0 spiro atoms. The van der Waals surface area contributed by atoms with Crippen molar-refractivity contribution in [2.24, 2.45) is 0 Å². The Morgan fingerprint density at radius 1 is 1.00 bits per heavy atom. The van der Waals surface area contributed by atoms with Gasteiger partial charge >= 0.3 is 6.03 Å².